The van der Waals surface area contributed by atoms with E-state index in [9.17, 15) is 14.3 Å². The monoisotopic (exact) mass is 288 g/mol. The minimum atomic E-state index is -0.423. The van der Waals surface area contributed by atoms with E-state index in [4.69, 9.17) is 4.74 Å². The van der Waals surface area contributed by atoms with Crippen LogP contribution in [-0.4, -0.2) is 11.1 Å². The molecule has 3 nitrogen and oxygen atoms in total. The Morgan fingerprint density at radius 2 is 1.90 bits per heavy atom. The second kappa shape index (κ2) is 6.39. The van der Waals surface area contributed by atoms with Crippen LogP contribution in [0.5, 0.6) is 11.5 Å². The molecule has 4 heteroatoms. The molecule has 0 bridgehead atoms. The number of ether oxygens (including phenoxy) is 1. The van der Waals surface area contributed by atoms with Gasteiger partial charge in [-0.25, -0.2) is 4.39 Å². The van der Waals surface area contributed by atoms with Gasteiger partial charge >= 0.3 is 5.97 Å². The molecule has 0 unspecified atom stereocenters. The summed E-state index contributed by atoms with van der Waals surface area (Å²) in [6, 6.07) is 9.06. The second-order valence-electron chi connectivity index (χ2n) is 4.83. The number of hydrogen-bond acceptors (Lipinski definition) is 3. The summed E-state index contributed by atoms with van der Waals surface area (Å²) < 4.78 is 18.1. The lowest BCUT2D eigenvalue weighted by Gasteiger charge is -2.12. The smallest absolute Gasteiger partial charge is 0.308 e. The number of esters is 1. The topological polar surface area (TPSA) is 46.5 Å². The average Bonchev–Trinajstić information content (AvgIpc) is 2.43. The van der Waals surface area contributed by atoms with Crippen molar-refractivity contribution in [2.45, 2.75) is 26.7 Å². The van der Waals surface area contributed by atoms with Crippen molar-refractivity contribution in [1.29, 1.82) is 0 Å². The van der Waals surface area contributed by atoms with Gasteiger partial charge in [-0.3, -0.25) is 4.79 Å². The molecule has 0 spiro atoms. The van der Waals surface area contributed by atoms with Crippen molar-refractivity contribution in [1.82, 2.24) is 0 Å². The van der Waals surface area contributed by atoms with Crippen molar-refractivity contribution in [2.75, 3.05) is 0 Å². The van der Waals surface area contributed by atoms with Gasteiger partial charge in [-0.05, 0) is 41.8 Å². The number of carbonyl (C=O) groups excluding carboxylic acids is 1. The number of phenols is 1. The molecule has 0 aliphatic rings. The maximum absolute atomic E-state index is 13.0. The molecule has 0 saturated heterocycles. The first-order valence-electron chi connectivity index (χ1n) is 6.81. The molecule has 110 valence electrons. The zero-order valence-corrected chi connectivity index (χ0v) is 12.0. The van der Waals surface area contributed by atoms with Crippen LogP contribution in [0.2, 0.25) is 0 Å². The molecule has 0 amide bonds. The number of carbonyl (C=O) groups is 1. The minimum Gasteiger partial charge on any atom is -0.507 e. The summed E-state index contributed by atoms with van der Waals surface area (Å²) in [5.74, 6) is -0.251. The first kappa shape index (κ1) is 15.0. The van der Waals surface area contributed by atoms with Gasteiger partial charge in [-0.15, -0.1) is 0 Å². The third-order valence-electron chi connectivity index (χ3n) is 3.10. The van der Waals surface area contributed by atoms with Crippen LogP contribution in [0.1, 0.15) is 25.8 Å². The fraction of sp³-hybridized carbons (Fsp3) is 0.235. The molecule has 0 aromatic heterocycles. The molecule has 0 aliphatic heterocycles. The van der Waals surface area contributed by atoms with Crippen molar-refractivity contribution < 1.29 is 19.0 Å². The van der Waals surface area contributed by atoms with Crippen molar-refractivity contribution in [3.8, 4) is 22.6 Å². The van der Waals surface area contributed by atoms with Crippen molar-refractivity contribution in [2.24, 2.45) is 0 Å². The van der Waals surface area contributed by atoms with Crippen molar-refractivity contribution in [3.05, 3.63) is 47.8 Å². The molecule has 1 N–H and O–H groups in total. The fourth-order valence-corrected chi connectivity index (χ4v) is 2.20. The van der Waals surface area contributed by atoms with E-state index in [1.165, 1.54) is 19.1 Å². The molecule has 21 heavy (non-hydrogen) atoms. The summed E-state index contributed by atoms with van der Waals surface area (Å²) in [6.07, 6.45) is 1.51. The van der Waals surface area contributed by atoms with Crippen LogP contribution in [-0.2, 0) is 11.2 Å². The van der Waals surface area contributed by atoms with Gasteiger partial charge in [0.15, 0.2) is 0 Å². The predicted octanol–water partition coefficient (Wildman–Crippen LogP) is 4.08. The van der Waals surface area contributed by atoms with E-state index in [-0.39, 0.29) is 11.6 Å². The molecule has 2 aromatic rings. The number of hydrogen-bond donors (Lipinski definition) is 1. The average molecular weight is 288 g/mol. The highest BCUT2D eigenvalue weighted by atomic mass is 19.1. The van der Waals surface area contributed by atoms with Crippen LogP contribution in [0.15, 0.2) is 36.4 Å². The van der Waals surface area contributed by atoms with E-state index in [2.05, 4.69) is 0 Å². The Hall–Kier alpha value is -2.36. The Balaban J connectivity index is 2.54. The Labute approximate surface area is 123 Å². The van der Waals surface area contributed by atoms with Crippen LogP contribution in [0.3, 0.4) is 0 Å². The van der Waals surface area contributed by atoms with Gasteiger partial charge in [-0.1, -0.05) is 25.5 Å². The maximum atomic E-state index is 13.0. The van der Waals surface area contributed by atoms with Gasteiger partial charge < -0.3 is 9.84 Å². The Bertz CT molecular complexity index is 648. The molecule has 2 aromatic carbocycles. The zero-order chi connectivity index (χ0) is 15.4. The summed E-state index contributed by atoms with van der Waals surface area (Å²) in [5, 5.41) is 10.4. The predicted molar refractivity (Wildman–Crippen MR) is 78.8 cm³/mol. The highest BCUT2D eigenvalue weighted by molar-refractivity contribution is 5.76. The first-order valence-corrected chi connectivity index (χ1v) is 6.81. The molecule has 0 saturated carbocycles. The molecule has 2 rings (SSSR count). The van der Waals surface area contributed by atoms with Gasteiger partial charge in [0.05, 0.1) is 0 Å². The highest BCUT2D eigenvalue weighted by Gasteiger charge is 2.13. The third-order valence-corrected chi connectivity index (χ3v) is 3.10. The molecule has 0 aliphatic carbocycles. The second-order valence-corrected chi connectivity index (χ2v) is 4.83. The molecule has 0 fully saturated rings. The molecule has 0 atom stereocenters. The van der Waals surface area contributed by atoms with Crippen LogP contribution < -0.4 is 4.74 Å². The standard InChI is InChI=1S/C17H17FO3/c1-3-4-13-9-15(21-11(2)19)10-16(17(13)20)12-5-7-14(18)8-6-12/h5-10,20H,3-4H2,1-2H3. The van der Waals surface area contributed by atoms with E-state index >= 15 is 0 Å². The Morgan fingerprint density at radius 1 is 1.24 bits per heavy atom. The number of aryl methyl sites for hydroxylation is 1. The Kier molecular flexibility index (Phi) is 4.58. The number of halogens is 1. The van der Waals surface area contributed by atoms with Gasteiger partial charge in [0.2, 0.25) is 0 Å². The van der Waals surface area contributed by atoms with Crippen LogP contribution >= 0.6 is 0 Å². The van der Waals surface area contributed by atoms with Gasteiger partial charge in [0, 0.05) is 12.5 Å². The minimum absolute atomic E-state index is 0.138. The van der Waals surface area contributed by atoms with Crippen molar-refractivity contribution in [3.63, 3.8) is 0 Å². The molecule has 0 heterocycles. The quantitative estimate of drug-likeness (QED) is 0.681. The van der Waals surface area contributed by atoms with E-state index < -0.39 is 5.97 Å². The summed E-state index contributed by atoms with van der Waals surface area (Å²) in [5.41, 5.74) is 1.90. The van der Waals surface area contributed by atoms with E-state index in [1.807, 2.05) is 6.92 Å². The summed E-state index contributed by atoms with van der Waals surface area (Å²) >= 11 is 0. The lowest BCUT2D eigenvalue weighted by molar-refractivity contribution is -0.131. The lowest BCUT2D eigenvalue weighted by Crippen LogP contribution is -2.02. The molecule has 0 radical (unpaired) electrons. The van der Waals surface area contributed by atoms with Gasteiger partial charge in [-0.2, -0.15) is 0 Å². The van der Waals surface area contributed by atoms with Crippen LogP contribution in [0.4, 0.5) is 4.39 Å². The lowest BCUT2D eigenvalue weighted by atomic mass is 9.98. The van der Waals surface area contributed by atoms with E-state index in [1.54, 1.807) is 24.3 Å². The SMILES string of the molecule is CCCc1cc(OC(C)=O)cc(-c2ccc(F)cc2)c1O. The van der Waals surface area contributed by atoms with Crippen molar-refractivity contribution >= 4 is 5.97 Å². The molecular weight excluding hydrogens is 271 g/mol. The maximum Gasteiger partial charge on any atom is 0.308 e. The van der Waals surface area contributed by atoms with Crippen LogP contribution in [0, 0.1) is 5.82 Å². The number of aromatic hydroxyl groups is 1. The van der Waals surface area contributed by atoms with Crippen LogP contribution in [0.25, 0.3) is 11.1 Å². The number of phenolic OH excluding ortho intramolecular Hbond substituents is 1. The summed E-state index contributed by atoms with van der Waals surface area (Å²) in [6.45, 7) is 3.32. The summed E-state index contributed by atoms with van der Waals surface area (Å²) in [7, 11) is 0. The zero-order valence-electron chi connectivity index (χ0n) is 12.0. The fourth-order valence-electron chi connectivity index (χ4n) is 2.20. The summed E-state index contributed by atoms with van der Waals surface area (Å²) in [4.78, 5) is 11.1. The normalized spacial score (nSPS) is 10.4. The third kappa shape index (κ3) is 3.60. The van der Waals surface area contributed by atoms with E-state index in [0.717, 1.165) is 6.42 Å². The van der Waals surface area contributed by atoms with Gasteiger partial charge in [0.25, 0.3) is 0 Å². The van der Waals surface area contributed by atoms with Gasteiger partial charge in [0.1, 0.15) is 17.3 Å². The largest absolute Gasteiger partial charge is 0.507 e. The van der Waals surface area contributed by atoms with E-state index in [0.29, 0.717) is 28.9 Å². The highest BCUT2D eigenvalue weighted by Crippen LogP contribution is 2.37. The first-order chi connectivity index (χ1) is 10.0. The number of rotatable bonds is 4. The Morgan fingerprint density at radius 3 is 2.48 bits per heavy atom. The molecular formula is C17H17FO3. The number of benzene rings is 2.